The fourth-order valence-corrected chi connectivity index (χ4v) is 4.30. The van der Waals surface area contributed by atoms with E-state index in [0.29, 0.717) is 31.9 Å². The number of anilines is 1. The molecule has 0 radical (unpaired) electrons. The van der Waals surface area contributed by atoms with Crippen LogP contribution in [-0.4, -0.2) is 61.2 Å². The quantitative estimate of drug-likeness (QED) is 0.579. The molecule has 172 valence electrons. The zero-order valence-corrected chi connectivity index (χ0v) is 19.2. The smallest absolute Gasteiger partial charge is 0.252 e. The van der Waals surface area contributed by atoms with Crippen molar-refractivity contribution in [1.82, 2.24) is 20.6 Å². The Balaban J connectivity index is 1.69. The number of ether oxygens (including phenoxy) is 1. The van der Waals surface area contributed by atoms with Gasteiger partial charge in [-0.05, 0) is 45.0 Å². The fraction of sp³-hybridized carbons (Fsp3) is 0.500. The number of fused-ring (bicyclic) bond motifs is 1. The third kappa shape index (κ3) is 4.94. The van der Waals surface area contributed by atoms with Crippen LogP contribution >= 0.6 is 0 Å². The third-order valence-corrected chi connectivity index (χ3v) is 5.97. The normalized spacial score (nSPS) is 17.9. The van der Waals surface area contributed by atoms with Crippen LogP contribution in [0.5, 0.6) is 0 Å². The highest BCUT2D eigenvalue weighted by Crippen LogP contribution is 2.32. The van der Waals surface area contributed by atoms with E-state index in [4.69, 9.17) is 15.5 Å². The van der Waals surface area contributed by atoms with Crippen molar-refractivity contribution in [3.8, 4) is 11.3 Å². The van der Waals surface area contributed by atoms with Gasteiger partial charge in [0, 0.05) is 55.5 Å². The number of likely N-dealkylation sites (N-methyl/N-ethyl adjacent to an activating group) is 1. The van der Waals surface area contributed by atoms with Crippen molar-refractivity contribution in [2.75, 3.05) is 38.4 Å². The lowest BCUT2D eigenvalue weighted by Gasteiger charge is -2.23. The number of rotatable bonds is 8. The van der Waals surface area contributed by atoms with E-state index in [1.165, 1.54) is 5.56 Å². The summed E-state index contributed by atoms with van der Waals surface area (Å²) in [6, 6.07) is 10.6. The van der Waals surface area contributed by atoms with Crippen molar-refractivity contribution >= 4 is 11.7 Å². The molecule has 1 atom stereocenters. The molecule has 2 aliphatic heterocycles. The Hall–Kier alpha value is -2.52. The lowest BCUT2D eigenvalue weighted by atomic mass is 10.0. The number of nitrogens with one attached hydrogen (secondary N) is 2. The molecule has 2 aromatic rings. The largest absolute Gasteiger partial charge is 0.379 e. The Morgan fingerprint density at radius 2 is 2.25 bits per heavy atom. The number of amides is 1. The molecule has 4 N–H and O–H groups in total. The van der Waals surface area contributed by atoms with Crippen LogP contribution in [0.1, 0.15) is 41.8 Å². The van der Waals surface area contributed by atoms with E-state index in [1.54, 1.807) is 0 Å². The number of nitrogens with two attached hydrogens (primary N) is 1. The Morgan fingerprint density at radius 1 is 1.41 bits per heavy atom. The number of hydrogen-bond acceptors (Lipinski definition) is 7. The number of hydrazine groups is 1. The molecular weight excluding hydrogens is 404 g/mol. The molecule has 1 fully saturated rings. The lowest BCUT2D eigenvalue weighted by molar-refractivity contribution is 0.0929. The molecule has 8 nitrogen and oxygen atoms in total. The van der Waals surface area contributed by atoms with Gasteiger partial charge in [0.05, 0.1) is 18.3 Å². The van der Waals surface area contributed by atoms with Crippen molar-refractivity contribution in [3.05, 3.63) is 47.0 Å². The van der Waals surface area contributed by atoms with E-state index in [9.17, 15) is 4.79 Å². The molecule has 0 saturated carbocycles. The van der Waals surface area contributed by atoms with Gasteiger partial charge < -0.3 is 20.7 Å². The number of nitrogens with zero attached hydrogens (tertiary/aromatic N) is 3. The van der Waals surface area contributed by atoms with Crippen molar-refractivity contribution in [1.29, 1.82) is 0 Å². The van der Waals surface area contributed by atoms with Crippen LogP contribution in [0.3, 0.4) is 0 Å². The number of aromatic nitrogens is 1. The molecule has 0 spiro atoms. The van der Waals surface area contributed by atoms with Crippen LogP contribution < -0.4 is 21.5 Å². The maximum absolute atomic E-state index is 13.2. The number of pyridine rings is 1. The predicted octanol–water partition coefficient (Wildman–Crippen LogP) is 1.89. The van der Waals surface area contributed by atoms with Gasteiger partial charge in [-0.1, -0.05) is 18.2 Å². The molecule has 4 rings (SSSR count). The summed E-state index contributed by atoms with van der Waals surface area (Å²) in [6.45, 7) is 8.36. The minimum absolute atomic E-state index is 0.0618. The Morgan fingerprint density at radius 3 is 2.97 bits per heavy atom. The van der Waals surface area contributed by atoms with Gasteiger partial charge in [0.1, 0.15) is 5.82 Å². The van der Waals surface area contributed by atoms with Crippen molar-refractivity contribution in [2.24, 2.45) is 5.73 Å². The molecule has 8 heteroatoms. The summed E-state index contributed by atoms with van der Waals surface area (Å²) in [5, 5.41) is 5.19. The molecule has 0 aliphatic carbocycles. The molecule has 1 saturated heterocycles. The van der Waals surface area contributed by atoms with E-state index in [0.717, 1.165) is 42.1 Å². The maximum Gasteiger partial charge on any atom is 0.252 e. The first-order chi connectivity index (χ1) is 15.5. The Bertz CT molecular complexity index is 958. The van der Waals surface area contributed by atoms with Gasteiger partial charge in [0.15, 0.2) is 0 Å². The predicted molar refractivity (Wildman–Crippen MR) is 126 cm³/mol. The number of hydrogen-bond donors (Lipinski definition) is 3. The second-order valence-electron chi connectivity index (χ2n) is 8.92. The highest BCUT2D eigenvalue weighted by Gasteiger charge is 2.30. The molecule has 1 aromatic heterocycles. The van der Waals surface area contributed by atoms with Gasteiger partial charge in [0.25, 0.3) is 5.91 Å². The summed E-state index contributed by atoms with van der Waals surface area (Å²) in [5.41, 5.74) is 13.7. The van der Waals surface area contributed by atoms with Crippen molar-refractivity contribution in [3.63, 3.8) is 0 Å². The van der Waals surface area contributed by atoms with E-state index in [1.807, 2.05) is 17.1 Å². The molecule has 0 bridgehead atoms. The first-order valence-electron chi connectivity index (χ1n) is 11.4. The van der Waals surface area contributed by atoms with Crippen molar-refractivity contribution in [2.45, 2.75) is 45.4 Å². The molecule has 32 heavy (non-hydrogen) atoms. The summed E-state index contributed by atoms with van der Waals surface area (Å²) in [5.74, 6) is 0.766. The van der Waals surface area contributed by atoms with E-state index < -0.39 is 0 Å². The van der Waals surface area contributed by atoms with E-state index >= 15 is 0 Å². The van der Waals surface area contributed by atoms with Crippen LogP contribution in [0.2, 0.25) is 0 Å². The van der Waals surface area contributed by atoms with Gasteiger partial charge in [-0.25, -0.2) is 10.4 Å². The standard InChI is InChI=1S/C24H34N6O2/c1-16(2)30-23-21(13-26-30)20(24(31)27-19-7-10-32-15-19)12-22(28-23)18-6-4-5-17(11-18)14-29(3)9-8-25/h4-6,11-12,16,19,26H,7-10,13-15,25H2,1-3H3,(H,27,31). The average Bonchev–Trinajstić information content (AvgIpc) is 3.43. The van der Waals surface area contributed by atoms with Crippen molar-refractivity contribution < 1.29 is 9.53 Å². The molecule has 2 aliphatic rings. The highest BCUT2D eigenvalue weighted by molar-refractivity contribution is 5.98. The van der Waals surface area contributed by atoms with Crippen LogP contribution in [-0.2, 0) is 17.8 Å². The van der Waals surface area contributed by atoms with Gasteiger partial charge in [-0.15, -0.1) is 0 Å². The first-order valence-corrected chi connectivity index (χ1v) is 11.4. The van der Waals surface area contributed by atoms with Crippen LogP contribution in [0.25, 0.3) is 11.3 Å². The summed E-state index contributed by atoms with van der Waals surface area (Å²) < 4.78 is 5.43. The summed E-state index contributed by atoms with van der Waals surface area (Å²) >= 11 is 0. The summed E-state index contributed by atoms with van der Waals surface area (Å²) in [6.07, 6.45) is 0.848. The minimum atomic E-state index is -0.0633. The highest BCUT2D eigenvalue weighted by atomic mass is 16.5. The molecule has 3 heterocycles. The van der Waals surface area contributed by atoms with E-state index in [-0.39, 0.29) is 18.0 Å². The zero-order chi connectivity index (χ0) is 22.7. The fourth-order valence-electron chi connectivity index (χ4n) is 4.30. The third-order valence-electron chi connectivity index (χ3n) is 5.97. The lowest BCUT2D eigenvalue weighted by Crippen LogP contribution is -2.38. The monoisotopic (exact) mass is 438 g/mol. The minimum Gasteiger partial charge on any atom is -0.379 e. The second-order valence-corrected chi connectivity index (χ2v) is 8.92. The molecule has 1 unspecified atom stereocenters. The SMILES string of the molecule is CC(C)N1NCc2c(C(=O)NC3CCOC3)cc(-c3cccc(CN(C)CCN)c3)nc21. The van der Waals surface area contributed by atoms with Gasteiger partial charge in [0.2, 0.25) is 0 Å². The maximum atomic E-state index is 13.2. The Kier molecular flexibility index (Phi) is 7.05. The van der Waals surface area contributed by atoms with Gasteiger partial charge >= 0.3 is 0 Å². The number of carbonyl (C=O) groups excluding carboxylic acids is 1. The zero-order valence-electron chi connectivity index (χ0n) is 19.2. The van der Waals surface area contributed by atoms with E-state index in [2.05, 4.69) is 54.7 Å². The molecular formula is C24H34N6O2. The second kappa shape index (κ2) is 9.95. The van der Waals surface area contributed by atoms with Crippen LogP contribution in [0, 0.1) is 0 Å². The summed E-state index contributed by atoms with van der Waals surface area (Å²) in [7, 11) is 2.06. The first kappa shape index (κ1) is 22.7. The number of benzene rings is 1. The van der Waals surface area contributed by atoms with Crippen LogP contribution in [0.15, 0.2) is 30.3 Å². The average molecular weight is 439 g/mol. The van der Waals surface area contributed by atoms with Crippen LogP contribution in [0.4, 0.5) is 5.82 Å². The Labute approximate surface area is 190 Å². The topological polar surface area (TPSA) is 95.8 Å². The summed E-state index contributed by atoms with van der Waals surface area (Å²) in [4.78, 5) is 20.4. The van der Waals surface area contributed by atoms with Gasteiger partial charge in [-0.2, -0.15) is 0 Å². The number of carbonyl (C=O) groups is 1. The van der Waals surface area contributed by atoms with Gasteiger partial charge in [-0.3, -0.25) is 9.80 Å². The molecule has 1 amide bonds. The molecule has 1 aromatic carbocycles.